The molecule has 0 fully saturated rings. The maximum absolute atomic E-state index is 12.4. The van der Waals surface area contributed by atoms with Gasteiger partial charge in [-0.15, -0.1) is 10.2 Å². The molecule has 140 valence electrons. The van der Waals surface area contributed by atoms with Crippen molar-refractivity contribution in [1.82, 2.24) is 14.8 Å². The van der Waals surface area contributed by atoms with Gasteiger partial charge in [-0.3, -0.25) is 4.79 Å². The van der Waals surface area contributed by atoms with Gasteiger partial charge >= 0.3 is 0 Å². The maximum atomic E-state index is 12.4. The van der Waals surface area contributed by atoms with Gasteiger partial charge in [-0.05, 0) is 37.1 Å². The van der Waals surface area contributed by atoms with Crippen LogP contribution >= 0.6 is 27.7 Å². The summed E-state index contributed by atoms with van der Waals surface area (Å²) in [5.74, 6) is 1.06. The smallest absolute Gasteiger partial charge is 0.234 e. The Morgan fingerprint density at radius 2 is 1.96 bits per heavy atom. The fourth-order valence-corrected chi connectivity index (χ4v) is 3.95. The van der Waals surface area contributed by atoms with Crippen molar-refractivity contribution < 1.29 is 4.79 Å². The second kappa shape index (κ2) is 9.19. The summed E-state index contributed by atoms with van der Waals surface area (Å²) in [6.07, 6.45) is 0.968. The fraction of sp³-hybridized carbons (Fsp3) is 0.250. The summed E-state index contributed by atoms with van der Waals surface area (Å²) in [4.78, 5) is 12.4. The van der Waals surface area contributed by atoms with E-state index < -0.39 is 0 Å². The van der Waals surface area contributed by atoms with E-state index in [1.807, 2.05) is 55.5 Å². The number of hydrogen-bond acceptors (Lipinski definition) is 4. The molecule has 1 heterocycles. The van der Waals surface area contributed by atoms with E-state index in [-0.39, 0.29) is 11.7 Å². The predicted molar refractivity (Wildman–Crippen MR) is 114 cm³/mol. The van der Waals surface area contributed by atoms with Crippen LogP contribution in [0.5, 0.6) is 0 Å². The summed E-state index contributed by atoms with van der Waals surface area (Å²) in [6.45, 7) is 4.90. The number of aryl methyl sites for hydroxylation is 1. The minimum atomic E-state index is -0.0577. The first-order chi connectivity index (χ1) is 13.1. The van der Waals surface area contributed by atoms with Crippen molar-refractivity contribution in [2.24, 2.45) is 0 Å². The second-order valence-corrected chi connectivity index (χ2v) is 7.98. The number of rotatable bonds is 7. The van der Waals surface area contributed by atoms with Gasteiger partial charge in [0.25, 0.3) is 0 Å². The highest BCUT2D eigenvalue weighted by Crippen LogP contribution is 2.25. The molecule has 27 heavy (non-hydrogen) atoms. The Balaban J connectivity index is 1.70. The number of carbonyl (C=O) groups is 1. The van der Waals surface area contributed by atoms with E-state index in [2.05, 4.69) is 42.9 Å². The highest BCUT2D eigenvalue weighted by molar-refractivity contribution is 9.10. The molecule has 0 saturated heterocycles. The zero-order chi connectivity index (χ0) is 19.2. The summed E-state index contributed by atoms with van der Waals surface area (Å²) in [5.41, 5.74) is 2.87. The van der Waals surface area contributed by atoms with Crippen LogP contribution in [0.3, 0.4) is 0 Å². The van der Waals surface area contributed by atoms with Crippen LogP contribution in [-0.2, 0) is 11.3 Å². The Labute approximate surface area is 171 Å². The standard InChI is InChI=1S/C20H21BrN4OS/c1-3-11-25-19(15-7-5-4-6-8-15)23-24-20(25)27-13-18(26)22-17-10-9-16(21)12-14(17)2/h4-10,12H,3,11,13H2,1-2H3,(H,22,26). The number of halogens is 1. The molecular formula is C20H21BrN4OS. The molecule has 1 amide bonds. The Bertz CT molecular complexity index is 927. The van der Waals surface area contributed by atoms with E-state index in [1.54, 1.807) is 0 Å². The maximum Gasteiger partial charge on any atom is 0.234 e. The molecule has 0 bridgehead atoms. The lowest BCUT2D eigenvalue weighted by atomic mass is 10.2. The minimum absolute atomic E-state index is 0.0577. The van der Waals surface area contributed by atoms with E-state index in [1.165, 1.54) is 11.8 Å². The van der Waals surface area contributed by atoms with Gasteiger partial charge in [0.05, 0.1) is 5.75 Å². The highest BCUT2D eigenvalue weighted by atomic mass is 79.9. The molecule has 1 aromatic heterocycles. The molecule has 0 aliphatic heterocycles. The SMILES string of the molecule is CCCn1c(SCC(=O)Nc2ccc(Br)cc2C)nnc1-c1ccccc1. The summed E-state index contributed by atoms with van der Waals surface area (Å²) < 4.78 is 3.08. The van der Waals surface area contributed by atoms with Crippen LogP contribution in [-0.4, -0.2) is 26.4 Å². The molecule has 0 spiro atoms. The van der Waals surface area contributed by atoms with Crippen LogP contribution in [0, 0.1) is 6.92 Å². The average Bonchev–Trinajstić information content (AvgIpc) is 3.06. The average molecular weight is 445 g/mol. The fourth-order valence-electron chi connectivity index (χ4n) is 2.71. The monoisotopic (exact) mass is 444 g/mol. The van der Waals surface area contributed by atoms with E-state index in [0.717, 1.165) is 45.2 Å². The Kier molecular flexibility index (Phi) is 6.68. The molecule has 7 heteroatoms. The molecular weight excluding hydrogens is 424 g/mol. The van der Waals surface area contributed by atoms with Gasteiger partial charge in [-0.1, -0.05) is 64.9 Å². The number of hydrogen-bond donors (Lipinski definition) is 1. The number of amides is 1. The Morgan fingerprint density at radius 3 is 2.67 bits per heavy atom. The number of benzene rings is 2. The molecule has 0 radical (unpaired) electrons. The summed E-state index contributed by atoms with van der Waals surface area (Å²) >= 11 is 4.84. The largest absolute Gasteiger partial charge is 0.325 e. The number of thioether (sulfide) groups is 1. The van der Waals surface area contributed by atoms with Gasteiger partial charge < -0.3 is 9.88 Å². The first kappa shape index (κ1) is 19.6. The van der Waals surface area contributed by atoms with Crippen molar-refractivity contribution in [3.8, 4) is 11.4 Å². The third kappa shape index (κ3) is 4.99. The van der Waals surface area contributed by atoms with Gasteiger partial charge in [-0.25, -0.2) is 0 Å². The molecule has 0 saturated carbocycles. The third-order valence-electron chi connectivity index (χ3n) is 3.99. The highest BCUT2D eigenvalue weighted by Gasteiger charge is 2.15. The van der Waals surface area contributed by atoms with Gasteiger partial charge in [0.1, 0.15) is 0 Å². The second-order valence-electron chi connectivity index (χ2n) is 6.12. The van der Waals surface area contributed by atoms with Crippen LogP contribution < -0.4 is 5.32 Å². The van der Waals surface area contributed by atoms with Crippen molar-refractivity contribution in [2.75, 3.05) is 11.1 Å². The summed E-state index contributed by atoms with van der Waals surface area (Å²) in [5, 5.41) is 12.4. The van der Waals surface area contributed by atoms with Crippen molar-refractivity contribution in [3.05, 3.63) is 58.6 Å². The molecule has 1 N–H and O–H groups in total. The first-order valence-corrected chi connectivity index (χ1v) is 10.5. The third-order valence-corrected chi connectivity index (χ3v) is 5.45. The molecule has 0 atom stereocenters. The van der Waals surface area contributed by atoms with E-state index >= 15 is 0 Å². The lowest BCUT2D eigenvalue weighted by molar-refractivity contribution is -0.113. The van der Waals surface area contributed by atoms with Gasteiger partial charge in [0, 0.05) is 22.3 Å². The van der Waals surface area contributed by atoms with Crippen molar-refractivity contribution >= 4 is 39.3 Å². The number of nitrogens with zero attached hydrogens (tertiary/aromatic N) is 3. The number of nitrogens with one attached hydrogen (secondary N) is 1. The molecule has 0 aliphatic carbocycles. The van der Waals surface area contributed by atoms with Gasteiger partial charge in [-0.2, -0.15) is 0 Å². The van der Waals surface area contributed by atoms with Crippen molar-refractivity contribution in [1.29, 1.82) is 0 Å². The molecule has 5 nitrogen and oxygen atoms in total. The van der Waals surface area contributed by atoms with Crippen LogP contribution in [0.25, 0.3) is 11.4 Å². The number of aromatic nitrogens is 3. The first-order valence-electron chi connectivity index (χ1n) is 8.76. The predicted octanol–water partition coefficient (Wildman–Crippen LogP) is 5.16. The minimum Gasteiger partial charge on any atom is -0.325 e. The quantitative estimate of drug-likeness (QED) is 0.511. The molecule has 0 unspecified atom stereocenters. The lowest BCUT2D eigenvalue weighted by Gasteiger charge is -2.10. The van der Waals surface area contributed by atoms with Crippen molar-refractivity contribution in [3.63, 3.8) is 0 Å². The van der Waals surface area contributed by atoms with E-state index in [9.17, 15) is 4.79 Å². The normalized spacial score (nSPS) is 10.8. The zero-order valence-electron chi connectivity index (χ0n) is 15.3. The topological polar surface area (TPSA) is 59.8 Å². The van der Waals surface area contributed by atoms with Crippen LogP contribution in [0.2, 0.25) is 0 Å². The lowest BCUT2D eigenvalue weighted by Crippen LogP contribution is -2.15. The van der Waals surface area contributed by atoms with E-state index in [4.69, 9.17) is 0 Å². The molecule has 2 aromatic carbocycles. The van der Waals surface area contributed by atoms with Crippen LogP contribution in [0.1, 0.15) is 18.9 Å². The summed E-state index contributed by atoms with van der Waals surface area (Å²) in [6, 6.07) is 15.8. The molecule has 3 rings (SSSR count). The summed E-state index contributed by atoms with van der Waals surface area (Å²) in [7, 11) is 0. The van der Waals surface area contributed by atoms with Gasteiger partial charge in [0.15, 0.2) is 11.0 Å². The number of anilines is 1. The van der Waals surface area contributed by atoms with Crippen LogP contribution in [0.4, 0.5) is 5.69 Å². The Hall–Kier alpha value is -2.12. The molecule has 0 aliphatic rings. The zero-order valence-corrected chi connectivity index (χ0v) is 17.7. The van der Waals surface area contributed by atoms with Crippen LogP contribution in [0.15, 0.2) is 58.2 Å². The van der Waals surface area contributed by atoms with E-state index in [0.29, 0.717) is 0 Å². The number of carbonyl (C=O) groups excluding carboxylic acids is 1. The molecule has 3 aromatic rings. The van der Waals surface area contributed by atoms with Gasteiger partial charge in [0.2, 0.25) is 5.91 Å². The Morgan fingerprint density at radius 1 is 1.19 bits per heavy atom. The van der Waals surface area contributed by atoms with Crippen molar-refractivity contribution in [2.45, 2.75) is 32.0 Å².